The number of para-hydroxylation sites is 1. The number of benzene rings is 2. The summed E-state index contributed by atoms with van der Waals surface area (Å²) in [4.78, 5) is 28.7. The van der Waals surface area contributed by atoms with Gasteiger partial charge in [-0.3, -0.25) is 14.6 Å². The van der Waals surface area contributed by atoms with Crippen molar-refractivity contribution >= 4 is 23.2 Å². The van der Waals surface area contributed by atoms with Crippen molar-refractivity contribution in [1.82, 2.24) is 4.98 Å². The first-order chi connectivity index (χ1) is 12.7. The summed E-state index contributed by atoms with van der Waals surface area (Å²) in [5, 5.41) is 5.51. The molecule has 0 aliphatic rings. The molecule has 2 N–H and O–H groups in total. The Morgan fingerprint density at radius 3 is 2.19 bits per heavy atom. The lowest BCUT2D eigenvalue weighted by atomic mass is 10.2. The molecule has 0 saturated carbocycles. The highest BCUT2D eigenvalue weighted by atomic mass is 16.5. The van der Waals surface area contributed by atoms with E-state index in [0.717, 1.165) is 0 Å². The zero-order valence-corrected chi connectivity index (χ0v) is 14.1. The number of anilines is 2. The molecule has 3 rings (SSSR count). The fourth-order valence-corrected chi connectivity index (χ4v) is 2.29. The normalized spacial score (nSPS) is 10.0. The second kappa shape index (κ2) is 7.94. The van der Waals surface area contributed by atoms with Crippen LogP contribution in [0.3, 0.4) is 0 Å². The van der Waals surface area contributed by atoms with Gasteiger partial charge in [-0.2, -0.15) is 0 Å². The maximum atomic E-state index is 12.4. The molecule has 0 aliphatic carbocycles. The van der Waals surface area contributed by atoms with Gasteiger partial charge in [0.1, 0.15) is 11.4 Å². The number of hydrogen-bond donors (Lipinski definition) is 2. The fourth-order valence-electron chi connectivity index (χ4n) is 2.29. The summed E-state index contributed by atoms with van der Waals surface area (Å²) >= 11 is 0. The molecule has 6 heteroatoms. The lowest BCUT2D eigenvalue weighted by molar-refractivity contribution is 0.102. The van der Waals surface area contributed by atoms with Gasteiger partial charge in [0.15, 0.2) is 0 Å². The van der Waals surface area contributed by atoms with E-state index in [-0.39, 0.29) is 17.5 Å². The zero-order valence-electron chi connectivity index (χ0n) is 14.1. The van der Waals surface area contributed by atoms with E-state index < -0.39 is 0 Å². The second-order valence-electron chi connectivity index (χ2n) is 5.43. The van der Waals surface area contributed by atoms with Crippen LogP contribution in [0.25, 0.3) is 0 Å². The molecule has 2 amide bonds. The Kier molecular flexibility index (Phi) is 5.24. The van der Waals surface area contributed by atoms with E-state index in [9.17, 15) is 9.59 Å². The van der Waals surface area contributed by atoms with Gasteiger partial charge in [-0.25, -0.2) is 0 Å². The molecule has 6 nitrogen and oxygen atoms in total. The van der Waals surface area contributed by atoms with E-state index in [2.05, 4.69) is 15.6 Å². The zero-order chi connectivity index (χ0) is 18.4. The molecule has 2 aromatic carbocycles. The summed E-state index contributed by atoms with van der Waals surface area (Å²) < 4.78 is 5.08. The van der Waals surface area contributed by atoms with Gasteiger partial charge < -0.3 is 15.4 Å². The third kappa shape index (κ3) is 4.24. The summed E-state index contributed by atoms with van der Waals surface area (Å²) in [7, 11) is 1.58. The van der Waals surface area contributed by atoms with Crippen molar-refractivity contribution in [3.05, 3.63) is 84.2 Å². The van der Waals surface area contributed by atoms with E-state index in [0.29, 0.717) is 22.7 Å². The molecule has 0 saturated heterocycles. The molecule has 0 fully saturated rings. The van der Waals surface area contributed by atoms with Crippen LogP contribution in [-0.4, -0.2) is 23.9 Å². The molecule has 0 bridgehead atoms. The van der Waals surface area contributed by atoms with E-state index in [1.54, 1.807) is 49.6 Å². The van der Waals surface area contributed by atoms with Crippen LogP contribution in [-0.2, 0) is 0 Å². The molecule has 3 aromatic rings. The minimum atomic E-state index is -0.379. The van der Waals surface area contributed by atoms with Crippen LogP contribution in [0.1, 0.15) is 20.8 Å². The van der Waals surface area contributed by atoms with Crippen molar-refractivity contribution in [1.29, 1.82) is 0 Å². The number of carbonyl (C=O) groups is 2. The van der Waals surface area contributed by atoms with Crippen LogP contribution in [0.2, 0.25) is 0 Å². The number of nitrogens with zero attached hydrogens (tertiary/aromatic N) is 1. The number of nitrogens with one attached hydrogen (secondary N) is 2. The standard InChI is InChI=1S/C20H17N3O3/c1-26-17-9-7-16(8-10-17)22-19(24)14-11-12-21-18(13-14)20(25)23-15-5-3-2-4-6-15/h2-13H,1H3,(H,22,24)(H,23,25). The second-order valence-corrected chi connectivity index (χ2v) is 5.43. The van der Waals surface area contributed by atoms with Crippen molar-refractivity contribution in [2.75, 3.05) is 17.7 Å². The van der Waals surface area contributed by atoms with Gasteiger partial charge in [-0.1, -0.05) is 18.2 Å². The van der Waals surface area contributed by atoms with Gasteiger partial charge in [0, 0.05) is 23.1 Å². The predicted molar refractivity (Wildman–Crippen MR) is 99.6 cm³/mol. The highest BCUT2D eigenvalue weighted by Crippen LogP contribution is 2.16. The van der Waals surface area contributed by atoms with Crippen LogP contribution < -0.4 is 15.4 Å². The number of pyridine rings is 1. The number of ether oxygens (including phenoxy) is 1. The topological polar surface area (TPSA) is 80.3 Å². The molecular weight excluding hydrogens is 330 g/mol. The number of carbonyl (C=O) groups excluding carboxylic acids is 2. The average molecular weight is 347 g/mol. The average Bonchev–Trinajstić information content (AvgIpc) is 2.69. The molecule has 26 heavy (non-hydrogen) atoms. The van der Waals surface area contributed by atoms with Crippen molar-refractivity contribution in [2.24, 2.45) is 0 Å². The van der Waals surface area contributed by atoms with E-state index in [4.69, 9.17) is 4.74 Å². The number of methoxy groups -OCH3 is 1. The van der Waals surface area contributed by atoms with Gasteiger partial charge in [0.05, 0.1) is 7.11 Å². The molecule has 0 aliphatic heterocycles. The minimum absolute atomic E-state index is 0.163. The lowest BCUT2D eigenvalue weighted by Gasteiger charge is -2.08. The number of hydrogen-bond acceptors (Lipinski definition) is 4. The Morgan fingerprint density at radius 1 is 0.846 bits per heavy atom. The predicted octanol–water partition coefficient (Wildman–Crippen LogP) is 3.59. The number of rotatable bonds is 5. The molecule has 1 aromatic heterocycles. The van der Waals surface area contributed by atoms with Gasteiger partial charge in [-0.15, -0.1) is 0 Å². The molecular formula is C20H17N3O3. The maximum Gasteiger partial charge on any atom is 0.274 e. The van der Waals surface area contributed by atoms with Crippen molar-refractivity contribution in [3.8, 4) is 5.75 Å². The van der Waals surface area contributed by atoms with Crippen LogP contribution in [0.4, 0.5) is 11.4 Å². The molecule has 130 valence electrons. The molecule has 0 spiro atoms. The fraction of sp³-hybridized carbons (Fsp3) is 0.0500. The Bertz CT molecular complexity index is 909. The summed E-state index contributed by atoms with van der Waals surface area (Å²) in [6.45, 7) is 0. The highest BCUT2D eigenvalue weighted by Gasteiger charge is 2.12. The SMILES string of the molecule is COc1ccc(NC(=O)c2ccnc(C(=O)Nc3ccccc3)c2)cc1. The quantitative estimate of drug-likeness (QED) is 0.739. The third-order valence-corrected chi connectivity index (χ3v) is 3.63. The first-order valence-corrected chi connectivity index (χ1v) is 7.93. The summed E-state index contributed by atoms with van der Waals surface area (Å²) in [5.74, 6) is -0.00611. The lowest BCUT2D eigenvalue weighted by Crippen LogP contribution is -2.16. The Labute approximate surface area is 150 Å². The summed E-state index contributed by atoms with van der Waals surface area (Å²) in [6, 6.07) is 19.0. The van der Waals surface area contributed by atoms with Crippen LogP contribution >= 0.6 is 0 Å². The van der Waals surface area contributed by atoms with Crippen molar-refractivity contribution in [3.63, 3.8) is 0 Å². The first-order valence-electron chi connectivity index (χ1n) is 7.93. The van der Waals surface area contributed by atoms with E-state index in [1.807, 2.05) is 18.2 Å². The molecule has 0 atom stereocenters. The molecule has 0 unspecified atom stereocenters. The Morgan fingerprint density at radius 2 is 1.50 bits per heavy atom. The Hall–Kier alpha value is -3.67. The van der Waals surface area contributed by atoms with Crippen molar-refractivity contribution in [2.45, 2.75) is 0 Å². The van der Waals surface area contributed by atoms with E-state index >= 15 is 0 Å². The first kappa shape index (κ1) is 17.2. The van der Waals surface area contributed by atoms with Gasteiger partial charge in [0.25, 0.3) is 11.8 Å². The smallest absolute Gasteiger partial charge is 0.274 e. The van der Waals surface area contributed by atoms with Crippen LogP contribution in [0.15, 0.2) is 72.9 Å². The van der Waals surface area contributed by atoms with Crippen molar-refractivity contribution < 1.29 is 14.3 Å². The van der Waals surface area contributed by atoms with Gasteiger partial charge >= 0.3 is 0 Å². The number of aromatic nitrogens is 1. The highest BCUT2D eigenvalue weighted by molar-refractivity contribution is 6.07. The third-order valence-electron chi connectivity index (χ3n) is 3.63. The maximum absolute atomic E-state index is 12.4. The number of amides is 2. The van der Waals surface area contributed by atoms with Gasteiger partial charge in [0.2, 0.25) is 0 Å². The minimum Gasteiger partial charge on any atom is -0.497 e. The van der Waals surface area contributed by atoms with Crippen LogP contribution in [0, 0.1) is 0 Å². The monoisotopic (exact) mass is 347 g/mol. The summed E-state index contributed by atoms with van der Waals surface area (Å²) in [6.07, 6.45) is 1.43. The molecule has 0 radical (unpaired) electrons. The largest absolute Gasteiger partial charge is 0.497 e. The molecule has 1 heterocycles. The summed E-state index contributed by atoms with van der Waals surface area (Å²) in [5.41, 5.74) is 1.79. The van der Waals surface area contributed by atoms with E-state index in [1.165, 1.54) is 12.3 Å². The van der Waals surface area contributed by atoms with Gasteiger partial charge in [-0.05, 0) is 48.5 Å². The Balaban J connectivity index is 1.71. The van der Waals surface area contributed by atoms with Crippen LogP contribution in [0.5, 0.6) is 5.75 Å².